The van der Waals surface area contributed by atoms with Crippen LogP contribution in [0.3, 0.4) is 0 Å². The number of urea groups is 1. The molecular formula is C16H21N3O4. The van der Waals surface area contributed by atoms with Gasteiger partial charge in [-0.25, -0.2) is 4.79 Å². The number of nitrogens with one attached hydrogen (secondary N) is 1. The molecule has 1 saturated heterocycles. The molecule has 124 valence electrons. The van der Waals surface area contributed by atoms with Crippen LogP contribution in [-0.4, -0.2) is 65.5 Å². The van der Waals surface area contributed by atoms with Crippen molar-refractivity contribution < 1.29 is 19.5 Å². The molecule has 0 aliphatic carbocycles. The summed E-state index contributed by atoms with van der Waals surface area (Å²) in [7, 11) is 0. The Morgan fingerprint density at radius 3 is 2.22 bits per heavy atom. The summed E-state index contributed by atoms with van der Waals surface area (Å²) in [5, 5.41) is 11.1. The summed E-state index contributed by atoms with van der Waals surface area (Å²) in [5.74, 6) is -0.885. The number of hydrogen-bond acceptors (Lipinski definition) is 3. The zero-order chi connectivity index (χ0) is 16.7. The highest BCUT2D eigenvalue weighted by molar-refractivity contribution is 5.79. The zero-order valence-corrected chi connectivity index (χ0v) is 12.9. The molecule has 0 unspecified atom stereocenters. The lowest BCUT2D eigenvalue weighted by Crippen LogP contribution is -2.53. The highest BCUT2D eigenvalue weighted by Gasteiger charge is 2.23. The van der Waals surface area contributed by atoms with Crippen LogP contribution in [0.15, 0.2) is 30.3 Å². The van der Waals surface area contributed by atoms with E-state index in [-0.39, 0.29) is 24.9 Å². The van der Waals surface area contributed by atoms with Crippen LogP contribution in [0, 0.1) is 0 Å². The zero-order valence-electron chi connectivity index (χ0n) is 12.9. The summed E-state index contributed by atoms with van der Waals surface area (Å²) in [4.78, 5) is 37.9. The molecule has 0 radical (unpaired) electrons. The first-order valence-corrected chi connectivity index (χ1v) is 7.62. The van der Waals surface area contributed by atoms with Crippen LogP contribution in [0.25, 0.3) is 0 Å². The van der Waals surface area contributed by atoms with Gasteiger partial charge in [0.05, 0.1) is 12.8 Å². The molecule has 1 aliphatic heterocycles. The Kier molecular flexibility index (Phi) is 5.96. The van der Waals surface area contributed by atoms with E-state index in [2.05, 4.69) is 5.32 Å². The molecule has 0 bridgehead atoms. The van der Waals surface area contributed by atoms with Crippen molar-refractivity contribution in [2.45, 2.75) is 12.8 Å². The fourth-order valence-electron chi connectivity index (χ4n) is 2.43. The van der Waals surface area contributed by atoms with Gasteiger partial charge >= 0.3 is 12.0 Å². The Bertz CT molecular complexity index is 554. The number of nitrogens with zero attached hydrogens (tertiary/aromatic N) is 2. The third kappa shape index (κ3) is 5.28. The lowest BCUT2D eigenvalue weighted by molar-refractivity contribution is -0.137. The van der Waals surface area contributed by atoms with Crippen molar-refractivity contribution in [1.29, 1.82) is 0 Å². The fourth-order valence-corrected chi connectivity index (χ4v) is 2.43. The molecule has 2 rings (SSSR count). The SMILES string of the molecule is O=C(O)CCNC(=O)N1CCN(C(=O)Cc2ccccc2)CC1. The Balaban J connectivity index is 1.73. The second kappa shape index (κ2) is 8.17. The molecule has 1 aromatic carbocycles. The van der Waals surface area contributed by atoms with Crippen molar-refractivity contribution in [3.8, 4) is 0 Å². The predicted molar refractivity (Wildman–Crippen MR) is 84.0 cm³/mol. The van der Waals surface area contributed by atoms with E-state index in [0.717, 1.165) is 5.56 Å². The van der Waals surface area contributed by atoms with Gasteiger partial charge in [-0.3, -0.25) is 9.59 Å². The van der Waals surface area contributed by atoms with Crippen LogP contribution in [0.2, 0.25) is 0 Å². The minimum atomic E-state index is -0.943. The van der Waals surface area contributed by atoms with Gasteiger partial charge < -0.3 is 20.2 Å². The van der Waals surface area contributed by atoms with Gasteiger partial charge in [-0.2, -0.15) is 0 Å². The van der Waals surface area contributed by atoms with Gasteiger partial charge in [0.25, 0.3) is 0 Å². The molecule has 0 spiro atoms. The number of carbonyl (C=O) groups is 3. The Labute approximate surface area is 134 Å². The van der Waals surface area contributed by atoms with Gasteiger partial charge in [-0.05, 0) is 5.56 Å². The van der Waals surface area contributed by atoms with Crippen molar-refractivity contribution in [2.24, 2.45) is 0 Å². The normalized spacial score (nSPS) is 14.4. The molecule has 1 aromatic rings. The van der Waals surface area contributed by atoms with Gasteiger partial charge in [-0.1, -0.05) is 30.3 Å². The number of piperazine rings is 1. The number of carbonyl (C=O) groups excluding carboxylic acids is 2. The van der Waals surface area contributed by atoms with E-state index in [1.807, 2.05) is 30.3 Å². The minimum Gasteiger partial charge on any atom is -0.481 e. The van der Waals surface area contributed by atoms with Crippen molar-refractivity contribution in [1.82, 2.24) is 15.1 Å². The highest BCUT2D eigenvalue weighted by Crippen LogP contribution is 2.07. The second-order valence-corrected chi connectivity index (χ2v) is 5.41. The monoisotopic (exact) mass is 319 g/mol. The molecule has 0 atom stereocenters. The number of hydrogen-bond donors (Lipinski definition) is 2. The van der Waals surface area contributed by atoms with E-state index in [0.29, 0.717) is 32.6 Å². The molecule has 1 heterocycles. The number of amides is 3. The Morgan fingerprint density at radius 1 is 1.00 bits per heavy atom. The van der Waals surface area contributed by atoms with E-state index >= 15 is 0 Å². The smallest absolute Gasteiger partial charge is 0.317 e. The van der Waals surface area contributed by atoms with Crippen LogP contribution in [0.4, 0.5) is 4.79 Å². The van der Waals surface area contributed by atoms with E-state index < -0.39 is 5.97 Å². The molecule has 7 nitrogen and oxygen atoms in total. The molecule has 7 heteroatoms. The van der Waals surface area contributed by atoms with E-state index in [9.17, 15) is 14.4 Å². The molecule has 0 aromatic heterocycles. The molecule has 23 heavy (non-hydrogen) atoms. The maximum Gasteiger partial charge on any atom is 0.317 e. The second-order valence-electron chi connectivity index (χ2n) is 5.41. The third-order valence-electron chi connectivity index (χ3n) is 3.73. The quantitative estimate of drug-likeness (QED) is 0.830. The summed E-state index contributed by atoms with van der Waals surface area (Å²) >= 11 is 0. The van der Waals surface area contributed by atoms with Gasteiger partial charge in [0, 0.05) is 32.7 Å². The summed E-state index contributed by atoms with van der Waals surface area (Å²) in [6, 6.07) is 9.29. The van der Waals surface area contributed by atoms with Gasteiger partial charge in [0.2, 0.25) is 5.91 Å². The number of carboxylic acid groups (broad SMARTS) is 1. The standard InChI is InChI=1S/C16H21N3O4/c20-14(12-13-4-2-1-3-5-13)18-8-10-19(11-9-18)16(23)17-7-6-15(21)22/h1-5H,6-12H2,(H,17,23)(H,21,22). The summed E-state index contributed by atoms with van der Waals surface area (Å²) < 4.78 is 0. The number of aliphatic carboxylic acids is 1. The maximum absolute atomic E-state index is 12.2. The fraction of sp³-hybridized carbons (Fsp3) is 0.438. The van der Waals surface area contributed by atoms with Gasteiger partial charge in [-0.15, -0.1) is 0 Å². The average molecular weight is 319 g/mol. The first-order valence-electron chi connectivity index (χ1n) is 7.62. The van der Waals surface area contributed by atoms with Crippen LogP contribution in [-0.2, 0) is 16.0 Å². The molecule has 0 saturated carbocycles. The van der Waals surface area contributed by atoms with E-state index in [4.69, 9.17) is 5.11 Å². The summed E-state index contributed by atoms with van der Waals surface area (Å²) in [6.07, 6.45) is 0.271. The van der Waals surface area contributed by atoms with Gasteiger partial charge in [0.1, 0.15) is 0 Å². The van der Waals surface area contributed by atoms with Crippen molar-refractivity contribution in [2.75, 3.05) is 32.7 Å². The summed E-state index contributed by atoms with van der Waals surface area (Å²) in [6.45, 7) is 2.02. The third-order valence-corrected chi connectivity index (χ3v) is 3.73. The van der Waals surface area contributed by atoms with Gasteiger partial charge in [0.15, 0.2) is 0 Å². The average Bonchev–Trinajstić information content (AvgIpc) is 2.55. The van der Waals surface area contributed by atoms with E-state index in [1.54, 1.807) is 9.80 Å². The molecule has 2 N–H and O–H groups in total. The Hall–Kier alpha value is -2.57. The van der Waals surface area contributed by atoms with Crippen LogP contribution in [0.1, 0.15) is 12.0 Å². The van der Waals surface area contributed by atoms with Crippen LogP contribution >= 0.6 is 0 Å². The van der Waals surface area contributed by atoms with Crippen molar-refractivity contribution in [3.63, 3.8) is 0 Å². The number of rotatable bonds is 5. The largest absolute Gasteiger partial charge is 0.481 e. The molecule has 1 aliphatic rings. The lowest BCUT2D eigenvalue weighted by Gasteiger charge is -2.34. The molecule has 1 fully saturated rings. The van der Waals surface area contributed by atoms with Crippen LogP contribution in [0.5, 0.6) is 0 Å². The topological polar surface area (TPSA) is 89.9 Å². The Morgan fingerprint density at radius 2 is 1.61 bits per heavy atom. The number of benzene rings is 1. The first-order chi connectivity index (χ1) is 11.1. The molecular weight excluding hydrogens is 298 g/mol. The predicted octanol–water partition coefficient (Wildman–Crippen LogP) is 0.558. The number of carboxylic acids is 1. The van der Waals surface area contributed by atoms with Crippen LogP contribution < -0.4 is 5.32 Å². The minimum absolute atomic E-state index is 0.0575. The highest BCUT2D eigenvalue weighted by atomic mass is 16.4. The van der Waals surface area contributed by atoms with Crippen molar-refractivity contribution >= 4 is 17.9 Å². The van der Waals surface area contributed by atoms with Crippen molar-refractivity contribution in [3.05, 3.63) is 35.9 Å². The lowest BCUT2D eigenvalue weighted by atomic mass is 10.1. The first kappa shape index (κ1) is 16.8. The maximum atomic E-state index is 12.2. The molecule has 3 amide bonds. The summed E-state index contributed by atoms with van der Waals surface area (Å²) in [5.41, 5.74) is 0.978. The van der Waals surface area contributed by atoms with E-state index in [1.165, 1.54) is 0 Å².